The Kier molecular flexibility index (Phi) is 8.44. The van der Waals surface area contributed by atoms with Gasteiger partial charge < -0.3 is 33.6 Å². The van der Waals surface area contributed by atoms with Gasteiger partial charge in [0.25, 0.3) is 5.91 Å². The van der Waals surface area contributed by atoms with Gasteiger partial charge in [0.05, 0.1) is 19.9 Å². The Hall–Kier alpha value is -5.32. The summed E-state index contributed by atoms with van der Waals surface area (Å²) in [7, 11) is 3.19. The van der Waals surface area contributed by atoms with E-state index in [2.05, 4.69) is 15.1 Å². The number of hydrogen-bond donors (Lipinski definition) is 0. The smallest absolute Gasteiger partial charge is 0.254 e. The Labute approximate surface area is 255 Å². The number of rotatable bonds is 9. The van der Waals surface area contributed by atoms with Crippen molar-refractivity contribution in [3.63, 3.8) is 0 Å². The topological polar surface area (TPSA) is 107 Å². The fraction of sp³-hybridized carbons (Fsp3) is 0.273. The van der Waals surface area contributed by atoms with E-state index in [1.807, 2.05) is 54.6 Å². The SMILES string of the molecule is COc1ccc(-c2ccc(N3CCN(C(=O)CN(Cc4ccc5c(c4)OCO5)C(=O)c4cccc(OC)c4)CC3)nn2)cc1. The van der Waals surface area contributed by atoms with Gasteiger partial charge in [0.1, 0.15) is 18.0 Å². The molecule has 11 nitrogen and oxygen atoms in total. The van der Waals surface area contributed by atoms with Crippen LogP contribution in [0.15, 0.2) is 78.9 Å². The van der Waals surface area contributed by atoms with E-state index in [4.69, 9.17) is 18.9 Å². The van der Waals surface area contributed by atoms with Gasteiger partial charge in [-0.1, -0.05) is 12.1 Å². The Morgan fingerprint density at radius 2 is 1.59 bits per heavy atom. The average Bonchev–Trinajstić information content (AvgIpc) is 3.56. The standard InChI is InChI=1S/C33H33N5O6/c1-41-26-9-7-24(8-10-26)28-11-13-31(35-34-28)36-14-16-37(17-15-36)32(39)21-38(33(40)25-4-3-5-27(19-25)42-2)20-23-6-12-29-30(18-23)44-22-43-29/h3-13,18-19H,14-17,20-22H2,1-2H3. The van der Waals surface area contributed by atoms with Crippen LogP contribution in [0, 0.1) is 0 Å². The van der Waals surface area contributed by atoms with Gasteiger partial charge in [0, 0.05) is 43.9 Å². The van der Waals surface area contributed by atoms with Crippen molar-refractivity contribution in [3.05, 3.63) is 90.0 Å². The molecule has 3 heterocycles. The van der Waals surface area contributed by atoms with E-state index in [0.29, 0.717) is 49.0 Å². The van der Waals surface area contributed by atoms with Gasteiger partial charge in [-0.3, -0.25) is 9.59 Å². The van der Waals surface area contributed by atoms with Gasteiger partial charge in [-0.2, -0.15) is 0 Å². The van der Waals surface area contributed by atoms with Gasteiger partial charge in [0.2, 0.25) is 12.7 Å². The third-order valence-corrected chi connectivity index (χ3v) is 7.73. The second-order valence-electron chi connectivity index (χ2n) is 10.5. The lowest BCUT2D eigenvalue weighted by atomic mass is 10.1. The van der Waals surface area contributed by atoms with E-state index in [0.717, 1.165) is 28.4 Å². The van der Waals surface area contributed by atoms with Crippen LogP contribution in [0.2, 0.25) is 0 Å². The summed E-state index contributed by atoms with van der Waals surface area (Å²) in [4.78, 5) is 32.7. The molecule has 1 aromatic heterocycles. The highest BCUT2D eigenvalue weighted by Crippen LogP contribution is 2.33. The molecule has 2 aliphatic heterocycles. The van der Waals surface area contributed by atoms with Crippen molar-refractivity contribution >= 4 is 17.6 Å². The minimum Gasteiger partial charge on any atom is -0.497 e. The average molecular weight is 596 g/mol. The Balaban J connectivity index is 1.11. The molecule has 11 heteroatoms. The summed E-state index contributed by atoms with van der Waals surface area (Å²) in [5, 5.41) is 8.85. The summed E-state index contributed by atoms with van der Waals surface area (Å²) in [5.41, 5.74) is 3.00. The molecule has 226 valence electrons. The molecule has 4 aromatic rings. The predicted octanol–water partition coefficient (Wildman–Crippen LogP) is 3.88. The van der Waals surface area contributed by atoms with Crippen LogP contribution in [-0.4, -0.2) is 85.5 Å². The highest BCUT2D eigenvalue weighted by molar-refractivity contribution is 5.97. The number of piperazine rings is 1. The number of ether oxygens (including phenoxy) is 4. The number of fused-ring (bicyclic) bond motifs is 1. The predicted molar refractivity (Wildman–Crippen MR) is 163 cm³/mol. The Morgan fingerprint density at radius 1 is 0.818 bits per heavy atom. The molecule has 0 aliphatic carbocycles. The second kappa shape index (κ2) is 12.9. The molecule has 3 aromatic carbocycles. The molecule has 0 saturated carbocycles. The minimum absolute atomic E-state index is 0.0686. The maximum absolute atomic E-state index is 13.7. The molecule has 0 atom stereocenters. The third-order valence-electron chi connectivity index (χ3n) is 7.73. The number of nitrogens with zero attached hydrogens (tertiary/aromatic N) is 5. The normalized spacial score (nSPS) is 13.9. The van der Waals surface area contributed by atoms with Crippen molar-refractivity contribution in [3.8, 4) is 34.3 Å². The number of benzene rings is 3. The minimum atomic E-state index is -0.263. The lowest BCUT2D eigenvalue weighted by molar-refractivity contribution is -0.132. The number of carbonyl (C=O) groups is 2. The molecule has 0 bridgehead atoms. The zero-order valence-electron chi connectivity index (χ0n) is 24.6. The summed E-state index contributed by atoms with van der Waals surface area (Å²) >= 11 is 0. The fourth-order valence-corrected chi connectivity index (χ4v) is 5.26. The highest BCUT2D eigenvalue weighted by Gasteiger charge is 2.27. The van der Waals surface area contributed by atoms with Gasteiger partial charge >= 0.3 is 0 Å². The first-order valence-electron chi connectivity index (χ1n) is 14.3. The first kappa shape index (κ1) is 28.8. The molecule has 0 radical (unpaired) electrons. The number of carbonyl (C=O) groups excluding carboxylic acids is 2. The van der Waals surface area contributed by atoms with Gasteiger partial charge in [-0.05, 0) is 72.3 Å². The molecule has 2 amide bonds. The summed E-state index contributed by atoms with van der Waals surface area (Å²) in [6.07, 6.45) is 0. The largest absolute Gasteiger partial charge is 0.497 e. The molecule has 1 saturated heterocycles. The fourth-order valence-electron chi connectivity index (χ4n) is 5.26. The number of hydrogen-bond acceptors (Lipinski definition) is 9. The summed E-state index contributed by atoms with van der Waals surface area (Å²) < 4.78 is 21.5. The molecule has 1 fully saturated rings. The molecule has 0 unspecified atom stereocenters. The number of amides is 2. The maximum atomic E-state index is 13.7. The third kappa shape index (κ3) is 6.36. The Morgan fingerprint density at radius 3 is 2.32 bits per heavy atom. The van der Waals surface area contributed by atoms with Crippen LogP contribution in [0.25, 0.3) is 11.3 Å². The molecule has 44 heavy (non-hydrogen) atoms. The van der Waals surface area contributed by atoms with Crippen molar-refractivity contribution in [1.82, 2.24) is 20.0 Å². The lowest BCUT2D eigenvalue weighted by Crippen LogP contribution is -2.52. The van der Waals surface area contributed by atoms with E-state index in [-0.39, 0.29) is 31.7 Å². The van der Waals surface area contributed by atoms with E-state index in [9.17, 15) is 9.59 Å². The zero-order chi connectivity index (χ0) is 30.5. The zero-order valence-corrected chi connectivity index (χ0v) is 24.6. The van der Waals surface area contributed by atoms with E-state index < -0.39 is 0 Å². The van der Waals surface area contributed by atoms with Gasteiger partial charge in [0.15, 0.2) is 17.3 Å². The molecule has 0 N–H and O–H groups in total. The maximum Gasteiger partial charge on any atom is 0.254 e. The first-order valence-corrected chi connectivity index (χ1v) is 14.3. The molecule has 0 spiro atoms. The molecular weight excluding hydrogens is 562 g/mol. The van der Waals surface area contributed by atoms with Crippen molar-refractivity contribution in [1.29, 1.82) is 0 Å². The van der Waals surface area contributed by atoms with Crippen molar-refractivity contribution in [2.45, 2.75) is 6.54 Å². The monoisotopic (exact) mass is 595 g/mol. The van der Waals surface area contributed by atoms with Crippen LogP contribution < -0.4 is 23.8 Å². The summed E-state index contributed by atoms with van der Waals surface area (Å²) in [6.45, 7) is 2.55. The van der Waals surface area contributed by atoms with Crippen LogP contribution in [-0.2, 0) is 11.3 Å². The van der Waals surface area contributed by atoms with Gasteiger partial charge in [-0.25, -0.2) is 0 Å². The molecular formula is C33H33N5O6. The first-order chi connectivity index (χ1) is 21.5. The van der Waals surface area contributed by atoms with E-state index >= 15 is 0 Å². The van der Waals surface area contributed by atoms with Crippen LogP contribution in [0.1, 0.15) is 15.9 Å². The summed E-state index contributed by atoms with van der Waals surface area (Å²) in [6, 6.07) is 24.1. The lowest BCUT2D eigenvalue weighted by Gasteiger charge is -2.36. The number of aromatic nitrogens is 2. The van der Waals surface area contributed by atoms with Gasteiger partial charge in [-0.15, -0.1) is 10.2 Å². The summed E-state index contributed by atoms with van der Waals surface area (Å²) in [5.74, 6) is 3.01. The van der Waals surface area contributed by atoms with Crippen LogP contribution in [0.4, 0.5) is 5.82 Å². The van der Waals surface area contributed by atoms with E-state index in [1.165, 1.54) is 0 Å². The van der Waals surface area contributed by atoms with Crippen molar-refractivity contribution in [2.24, 2.45) is 0 Å². The van der Waals surface area contributed by atoms with Crippen LogP contribution >= 0.6 is 0 Å². The molecule has 2 aliphatic rings. The number of methoxy groups -OCH3 is 2. The quantitative estimate of drug-likeness (QED) is 0.285. The van der Waals surface area contributed by atoms with Crippen LogP contribution in [0.5, 0.6) is 23.0 Å². The van der Waals surface area contributed by atoms with Crippen molar-refractivity contribution in [2.75, 3.05) is 58.6 Å². The number of anilines is 1. The highest BCUT2D eigenvalue weighted by atomic mass is 16.7. The molecule has 6 rings (SSSR count). The van der Waals surface area contributed by atoms with Crippen LogP contribution in [0.3, 0.4) is 0 Å². The van der Waals surface area contributed by atoms with E-state index in [1.54, 1.807) is 48.3 Å². The Bertz CT molecular complexity index is 1620. The van der Waals surface area contributed by atoms with Crippen molar-refractivity contribution < 1.29 is 28.5 Å². The second-order valence-corrected chi connectivity index (χ2v) is 10.5.